The number of methoxy groups -OCH3 is 1. The zero-order valence-corrected chi connectivity index (χ0v) is 11.4. The van der Waals surface area contributed by atoms with Crippen LogP contribution in [0.25, 0.3) is 0 Å². The summed E-state index contributed by atoms with van der Waals surface area (Å²) in [5, 5.41) is 1.35. The fourth-order valence-electron chi connectivity index (χ4n) is 0.895. The number of aromatic nitrogens is 1. The summed E-state index contributed by atoms with van der Waals surface area (Å²) >= 11 is 1.14. The molecular weight excluding hydrogens is 264 g/mol. The Morgan fingerprint density at radius 2 is 2.24 bits per heavy atom. The second-order valence-corrected chi connectivity index (χ2v) is 6.69. The molecule has 0 aliphatic carbocycles. The predicted octanol–water partition coefficient (Wildman–Crippen LogP) is 1.01. The first-order valence-corrected chi connectivity index (χ1v) is 7.30. The van der Waals surface area contributed by atoms with Gasteiger partial charge in [-0.05, 0) is 13.8 Å². The lowest BCUT2D eigenvalue weighted by Crippen LogP contribution is -2.22. The fraction of sp³-hybridized carbons (Fsp3) is 0.556. The number of anilines is 1. The third-order valence-corrected chi connectivity index (χ3v) is 4.61. The largest absolute Gasteiger partial charge is 0.469 e. The van der Waals surface area contributed by atoms with Crippen LogP contribution in [0.5, 0.6) is 0 Å². The Morgan fingerprint density at radius 3 is 2.76 bits per heavy atom. The lowest BCUT2D eigenvalue weighted by atomic mass is 10.3. The number of ether oxygens (including phenoxy) is 1. The lowest BCUT2D eigenvalue weighted by Gasteiger charge is -2.07. The summed E-state index contributed by atoms with van der Waals surface area (Å²) in [7, 11) is -2.10. The molecule has 6 nitrogen and oxygen atoms in total. The van der Waals surface area contributed by atoms with E-state index in [4.69, 9.17) is 0 Å². The molecule has 1 rings (SSSR count). The Morgan fingerprint density at radius 1 is 1.59 bits per heavy atom. The minimum absolute atomic E-state index is 0.0381. The molecule has 0 aliphatic rings. The summed E-state index contributed by atoms with van der Waals surface area (Å²) in [6, 6.07) is 0. The average molecular weight is 278 g/mol. The first-order chi connectivity index (χ1) is 7.85. The van der Waals surface area contributed by atoms with E-state index in [0.717, 1.165) is 11.3 Å². The molecule has 0 unspecified atom stereocenters. The Hall–Kier alpha value is -1.15. The van der Waals surface area contributed by atoms with E-state index in [9.17, 15) is 13.2 Å². The smallest absolute Gasteiger partial charge is 0.311 e. The van der Waals surface area contributed by atoms with Gasteiger partial charge in [0.25, 0.3) is 0 Å². The van der Waals surface area contributed by atoms with Crippen molar-refractivity contribution in [3.8, 4) is 0 Å². The van der Waals surface area contributed by atoms with Gasteiger partial charge in [0.2, 0.25) is 10.0 Å². The van der Waals surface area contributed by atoms with Gasteiger partial charge in [-0.1, -0.05) is 0 Å². The molecule has 0 bridgehead atoms. The SMILES string of the molecule is COC(=O)Cc1csc(NS(=O)(=O)C(C)C)n1. The third kappa shape index (κ3) is 3.97. The number of carbonyl (C=O) groups is 1. The van der Waals surface area contributed by atoms with Crippen LogP contribution in [0.2, 0.25) is 0 Å². The second-order valence-electron chi connectivity index (χ2n) is 3.59. The van der Waals surface area contributed by atoms with Gasteiger partial charge in [0, 0.05) is 5.38 Å². The summed E-state index contributed by atoms with van der Waals surface area (Å²) in [4.78, 5) is 15.0. The highest BCUT2D eigenvalue weighted by atomic mass is 32.2. The molecule has 17 heavy (non-hydrogen) atoms. The molecule has 8 heteroatoms. The molecule has 0 saturated heterocycles. The number of carbonyl (C=O) groups excluding carboxylic acids is 1. The number of nitrogens with one attached hydrogen (secondary N) is 1. The summed E-state index contributed by atoms with van der Waals surface area (Å²) in [6.07, 6.45) is 0.0381. The van der Waals surface area contributed by atoms with E-state index >= 15 is 0 Å². The topological polar surface area (TPSA) is 85.4 Å². The van der Waals surface area contributed by atoms with E-state index < -0.39 is 21.2 Å². The molecule has 0 amide bonds. The molecule has 0 aliphatic heterocycles. The van der Waals surface area contributed by atoms with Crippen molar-refractivity contribution in [1.82, 2.24) is 4.98 Å². The van der Waals surface area contributed by atoms with Gasteiger partial charge < -0.3 is 4.74 Å². The van der Waals surface area contributed by atoms with E-state index in [1.54, 1.807) is 19.2 Å². The monoisotopic (exact) mass is 278 g/mol. The van der Waals surface area contributed by atoms with Gasteiger partial charge in [-0.2, -0.15) is 0 Å². The molecular formula is C9H14N2O4S2. The number of nitrogens with zero attached hydrogens (tertiary/aromatic N) is 1. The van der Waals surface area contributed by atoms with E-state index in [1.165, 1.54) is 7.11 Å². The van der Waals surface area contributed by atoms with Gasteiger partial charge in [-0.15, -0.1) is 11.3 Å². The van der Waals surface area contributed by atoms with Crippen LogP contribution >= 0.6 is 11.3 Å². The molecule has 0 fully saturated rings. The van der Waals surface area contributed by atoms with Gasteiger partial charge >= 0.3 is 5.97 Å². The van der Waals surface area contributed by atoms with Crippen LogP contribution in [0.15, 0.2) is 5.38 Å². The molecule has 1 aromatic rings. The highest BCUT2D eigenvalue weighted by Crippen LogP contribution is 2.18. The van der Waals surface area contributed by atoms with Crippen molar-refractivity contribution in [1.29, 1.82) is 0 Å². The van der Waals surface area contributed by atoms with Crippen molar-refractivity contribution in [2.75, 3.05) is 11.8 Å². The standard InChI is InChI=1S/C9H14N2O4S2/c1-6(2)17(13,14)11-9-10-7(5-16-9)4-8(12)15-3/h5-6H,4H2,1-3H3,(H,10,11). The molecule has 1 N–H and O–H groups in total. The van der Waals surface area contributed by atoms with Crippen LogP contribution in [-0.4, -0.2) is 31.7 Å². The zero-order valence-electron chi connectivity index (χ0n) is 9.76. The van der Waals surface area contributed by atoms with Crippen molar-refractivity contribution in [3.05, 3.63) is 11.1 Å². The van der Waals surface area contributed by atoms with Gasteiger partial charge in [0.15, 0.2) is 5.13 Å². The van der Waals surface area contributed by atoms with Gasteiger partial charge in [0.1, 0.15) is 0 Å². The first-order valence-electron chi connectivity index (χ1n) is 4.88. The predicted molar refractivity (Wildman–Crippen MR) is 65.5 cm³/mol. The summed E-state index contributed by atoms with van der Waals surface area (Å²) in [6.45, 7) is 3.15. The van der Waals surface area contributed by atoms with Crippen molar-refractivity contribution in [2.24, 2.45) is 0 Å². The fourth-order valence-corrected chi connectivity index (χ4v) is 2.51. The van der Waals surface area contributed by atoms with Gasteiger partial charge in [-0.3, -0.25) is 9.52 Å². The maximum absolute atomic E-state index is 11.6. The zero-order chi connectivity index (χ0) is 13.1. The maximum Gasteiger partial charge on any atom is 0.311 e. The number of thiazole rings is 1. The molecule has 1 heterocycles. The molecule has 0 spiro atoms. The Labute approximate surface area is 104 Å². The van der Waals surface area contributed by atoms with Crippen molar-refractivity contribution in [3.63, 3.8) is 0 Å². The summed E-state index contributed by atoms with van der Waals surface area (Å²) < 4.78 is 29.9. The van der Waals surface area contributed by atoms with Gasteiger partial charge in [0.05, 0.1) is 24.5 Å². The van der Waals surface area contributed by atoms with E-state index in [0.29, 0.717) is 5.69 Å². The minimum atomic E-state index is -3.39. The second kappa shape index (κ2) is 5.46. The van der Waals surface area contributed by atoms with Crippen LogP contribution in [0.3, 0.4) is 0 Å². The van der Waals surface area contributed by atoms with E-state index in [2.05, 4.69) is 14.4 Å². The lowest BCUT2D eigenvalue weighted by molar-refractivity contribution is -0.139. The molecule has 0 radical (unpaired) electrons. The maximum atomic E-state index is 11.6. The number of rotatable bonds is 5. The summed E-state index contributed by atoms with van der Waals surface area (Å²) in [5.74, 6) is -0.409. The van der Waals surface area contributed by atoms with Crippen LogP contribution < -0.4 is 4.72 Å². The quantitative estimate of drug-likeness (QED) is 0.812. The van der Waals surface area contributed by atoms with Crippen molar-refractivity contribution >= 4 is 32.5 Å². The van der Waals surface area contributed by atoms with Crippen LogP contribution in [-0.2, 0) is 26.0 Å². The van der Waals surface area contributed by atoms with Crippen molar-refractivity contribution < 1.29 is 17.9 Å². The van der Waals surface area contributed by atoms with Crippen LogP contribution in [0.1, 0.15) is 19.5 Å². The molecule has 0 atom stereocenters. The number of esters is 1. The number of hydrogen-bond acceptors (Lipinski definition) is 6. The van der Waals surface area contributed by atoms with E-state index in [1.807, 2.05) is 0 Å². The molecule has 0 saturated carbocycles. The van der Waals surface area contributed by atoms with Crippen LogP contribution in [0.4, 0.5) is 5.13 Å². The summed E-state index contributed by atoms with van der Waals surface area (Å²) in [5.41, 5.74) is 0.489. The molecule has 0 aromatic carbocycles. The third-order valence-electron chi connectivity index (χ3n) is 1.96. The number of hydrogen-bond donors (Lipinski definition) is 1. The Bertz CT molecular complexity index is 493. The highest BCUT2D eigenvalue weighted by molar-refractivity contribution is 7.93. The molecule has 96 valence electrons. The Kier molecular flexibility index (Phi) is 4.47. The number of sulfonamides is 1. The van der Waals surface area contributed by atoms with Crippen LogP contribution in [0, 0.1) is 0 Å². The first kappa shape index (κ1) is 13.9. The minimum Gasteiger partial charge on any atom is -0.469 e. The molecule has 1 aromatic heterocycles. The Balaban J connectivity index is 2.73. The van der Waals surface area contributed by atoms with Crippen molar-refractivity contribution in [2.45, 2.75) is 25.5 Å². The average Bonchev–Trinajstić information content (AvgIpc) is 2.64. The van der Waals surface area contributed by atoms with Gasteiger partial charge in [-0.25, -0.2) is 13.4 Å². The van der Waals surface area contributed by atoms with E-state index in [-0.39, 0.29) is 11.6 Å². The highest BCUT2D eigenvalue weighted by Gasteiger charge is 2.17. The normalized spacial score (nSPS) is 11.5.